The smallest absolute Gasteiger partial charge is 0.336 e. The van der Waals surface area contributed by atoms with Gasteiger partial charge in [-0.3, -0.25) is 0 Å². The number of aromatic carboxylic acids is 1. The Balaban J connectivity index is 1.70. The highest BCUT2D eigenvalue weighted by Crippen LogP contribution is 2.18. The Labute approximate surface area is 125 Å². The van der Waals surface area contributed by atoms with Crippen molar-refractivity contribution >= 4 is 23.0 Å². The van der Waals surface area contributed by atoms with Crippen molar-refractivity contribution in [2.75, 3.05) is 5.32 Å². The number of carbonyl (C=O) groups is 1. The van der Waals surface area contributed by atoms with Crippen LogP contribution < -0.4 is 5.32 Å². The summed E-state index contributed by atoms with van der Waals surface area (Å²) in [6.07, 6.45) is 3.62. The summed E-state index contributed by atoms with van der Waals surface area (Å²) in [5, 5.41) is 18.0. The molecule has 0 aliphatic rings. The van der Waals surface area contributed by atoms with Gasteiger partial charge in [-0.1, -0.05) is 6.07 Å². The number of carboxylic acid groups (broad SMARTS) is 1. The van der Waals surface area contributed by atoms with Gasteiger partial charge in [-0.2, -0.15) is 5.10 Å². The van der Waals surface area contributed by atoms with Crippen LogP contribution in [0.4, 0.5) is 5.69 Å². The van der Waals surface area contributed by atoms with Gasteiger partial charge in [0.1, 0.15) is 0 Å². The van der Waals surface area contributed by atoms with Crippen LogP contribution in [0.25, 0.3) is 5.69 Å². The van der Waals surface area contributed by atoms with E-state index in [1.807, 2.05) is 36.5 Å². The van der Waals surface area contributed by atoms with Crippen LogP contribution in [0.5, 0.6) is 0 Å². The van der Waals surface area contributed by atoms with E-state index >= 15 is 0 Å². The number of anilines is 1. The number of hydrogen-bond acceptors (Lipinski definition) is 4. The van der Waals surface area contributed by atoms with Crippen molar-refractivity contribution < 1.29 is 9.90 Å². The second-order valence-corrected chi connectivity index (χ2v) is 5.46. The monoisotopic (exact) mass is 299 g/mol. The topological polar surface area (TPSA) is 67.2 Å². The minimum absolute atomic E-state index is 0.335. The highest BCUT2D eigenvalue weighted by atomic mass is 32.1. The molecule has 0 aliphatic heterocycles. The number of nitrogens with one attached hydrogen (secondary N) is 1. The second kappa shape index (κ2) is 5.80. The molecule has 0 unspecified atom stereocenters. The number of aromatic nitrogens is 2. The summed E-state index contributed by atoms with van der Waals surface area (Å²) < 4.78 is 1.79. The lowest BCUT2D eigenvalue weighted by molar-refractivity contribution is 0.0697. The van der Waals surface area contributed by atoms with Crippen molar-refractivity contribution in [3.63, 3.8) is 0 Å². The van der Waals surface area contributed by atoms with Crippen LogP contribution in [-0.2, 0) is 6.54 Å². The lowest BCUT2D eigenvalue weighted by atomic mass is 10.2. The van der Waals surface area contributed by atoms with Crippen LogP contribution in [0, 0.1) is 0 Å². The standard InChI is InChI=1S/C15H13N3O2S/c19-15(20)11-7-14(21-10-11)9-16-12-3-1-4-13(8-12)18-6-2-5-17-18/h1-8,10,16H,9H2,(H,19,20). The number of nitrogens with zero attached hydrogens (tertiary/aromatic N) is 2. The van der Waals surface area contributed by atoms with E-state index in [0.717, 1.165) is 16.3 Å². The third-order valence-corrected chi connectivity index (χ3v) is 3.92. The molecule has 2 N–H and O–H groups in total. The largest absolute Gasteiger partial charge is 0.478 e. The van der Waals surface area contributed by atoms with Crippen LogP contribution >= 0.6 is 11.3 Å². The first-order valence-electron chi connectivity index (χ1n) is 6.37. The Morgan fingerprint density at radius 1 is 1.33 bits per heavy atom. The Bertz CT molecular complexity index is 750. The molecule has 6 heteroatoms. The average molecular weight is 299 g/mol. The van der Waals surface area contributed by atoms with Crippen LogP contribution in [-0.4, -0.2) is 20.9 Å². The Morgan fingerprint density at radius 2 is 2.24 bits per heavy atom. The zero-order valence-corrected chi connectivity index (χ0v) is 11.9. The molecule has 0 fully saturated rings. The van der Waals surface area contributed by atoms with E-state index in [2.05, 4.69) is 10.4 Å². The van der Waals surface area contributed by atoms with Gasteiger partial charge >= 0.3 is 5.97 Å². The molecule has 5 nitrogen and oxygen atoms in total. The van der Waals surface area contributed by atoms with Crippen molar-refractivity contribution in [3.8, 4) is 5.69 Å². The predicted octanol–water partition coefficient (Wildman–Crippen LogP) is 3.24. The molecule has 2 heterocycles. The lowest BCUT2D eigenvalue weighted by Crippen LogP contribution is -2.00. The predicted molar refractivity (Wildman–Crippen MR) is 82.2 cm³/mol. The molecule has 106 valence electrons. The summed E-state index contributed by atoms with van der Waals surface area (Å²) in [7, 11) is 0. The number of carboxylic acids is 1. The minimum atomic E-state index is -0.891. The summed E-state index contributed by atoms with van der Waals surface area (Å²) in [6.45, 7) is 0.598. The van der Waals surface area contributed by atoms with E-state index in [4.69, 9.17) is 5.11 Å². The van der Waals surface area contributed by atoms with Gasteiger partial charge in [0.15, 0.2) is 0 Å². The first-order valence-corrected chi connectivity index (χ1v) is 7.25. The highest BCUT2D eigenvalue weighted by Gasteiger charge is 2.06. The molecular formula is C15H13N3O2S. The molecule has 0 atom stereocenters. The molecule has 0 bridgehead atoms. The van der Waals surface area contributed by atoms with Gasteiger partial charge < -0.3 is 10.4 Å². The molecular weight excluding hydrogens is 286 g/mol. The van der Waals surface area contributed by atoms with Gasteiger partial charge in [-0.15, -0.1) is 11.3 Å². The van der Waals surface area contributed by atoms with Gasteiger partial charge in [0.2, 0.25) is 0 Å². The second-order valence-electron chi connectivity index (χ2n) is 4.46. The highest BCUT2D eigenvalue weighted by molar-refractivity contribution is 7.10. The molecule has 21 heavy (non-hydrogen) atoms. The third-order valence-electron chi connectivity index (χ3n) is 2.98. The zero-order valence-electron chi connectivity index (χ0n) is 11.1. The number of benzene rings is 1. The van der Waals surface area contributed by atoms with E-state index in [0.29, 0.717) is 12.1 Å². The van der Waals surface area contributed by atoms with Gasteiger partial charge in [0.25, 0.3) is 0 Å². The number of thiophene rings is 1. The minimum Gasteiger partial charge on any atom is -0.478 e. The third kappa shape index (κ3) is 3.11. The maximum absolute atomic E-state index is 10.8. The molecule has 3 rings (SSSR count). The Morgan fingerprint density at radius 3 is 2.95 bits per heavy atom. The van der Waals surface area contributed by atoms with E-state index in [1.165, 1.54) is 11.3 Å². The maximum Gasteiger partial charge on any atom is 0.336 e. The number of hydrogen-bond donors (Lipinski definition) is 2. The molecule has 0 saturated heterocycles. The van der Waals surface area contributed by atoms with Gasteiger partial charge in [0.05, 0.1) is 11.3 Å². The summed E-state index contributed by atoms with van der Waals surface area (Å²) in [6, 6.07) is 11.5. The summed E-state index contributed by atoms with van der Waals surface area (Å²) in [5.74, 6) is -0.891. The SMILES string of the molecule is O=C(O)c1csc(CNc2cccc(-n3cccn3)c2)c1. The van der Waals surface area contributed by atoms with Crippen molar-refractivity contribution in [3.05, 3.63) is 64.6 Å². The van der Waals surface area contributed by atoms with Crippen molar-refractivity contribution in [1.29, 1.82) is 0 Å². The lowest BCUT2D eigenvalue weighted by Gasteiger charge is -2.07. The van der Waals surface area contributed by atoms with E-state index in [1.54, 1.807) is 22.3 Å². The molecule has 0 amide bonds. The first-order chi connectivity index (χ1) is 10.2. The summed E-state index contributed by atoms with van der Waals surface area (Å²) >= 11 is 1.44. The molecule has 0 aliphatic carbocycles. The quantitative estimate of drug-likeness (QED) is 0.759. The van der Waals surface area contributed by atoms with Gasteiger partial charge in [-0.05, 0) is 30.3 Å². The molecule has 0 spiro atoms. The van der Waals surface area contributed by atoms with Crippen LogP contribution in [0.15, 0.2) is 54.2 Å². The summed E-state index contributed by atoms with van der Waals surface area (Å²) in [5.41, 5.74) is 2.28. The number of rotatable bonds is 5. The maximum atomic E-state index is 10.8. The van der Waals surface area contributed by atoms with Gasteiger partial charge in [-0.25, -0.2) is 9.48 Å². The van der Waals surface area contributed by atoms with Crippen LogP contribution in [0.3, 0.4) is 0 Å². The fourth-order valence-corrected chi connectivity index (χ4v) is 2.75. The molecule has 2 aromatic heterocycles. The van der Waals surface area contributed by atoms with Crippen LogP contribution in [0.2, 0.25) is 0 Å². The van der Waals surface area contributed by atoms with Crippen LogP contribution in [0.1, 0.15) is 15.2 Å². The Hall–Kier alpha value is -2.60. The zero-order chi connectivity index (χ0) is 14.7. The van der Waals surface area contributed by atoms with E-state index in [9.17, 15) is 4.79 Å². The summed E-state index contributed by atoms with van der Waals surface area (Å²) in [4.78, 5) is 11.8. The van der Waals surface area contributed by atoms with Gasteiger partial charge in [0, 0.05) is 34.9 Å². The molecule has 1 aromatic carbocycles. The molecule has 3 aromatic rings. The van der Waals surface area contributed by atoms with Crippen molar-refractivity contribution in [2.24, 2.45) is 0 Å². The van der Waals surface area contributed by atoms with E-state index in [-0.39, 0.29) is 0 Å². The van der Waals surface area contributed by atoms with Crippen molar-refractivity contribution in [1.82, 2.24) is 9.78 Å². The van der Waals surface area contributed by atoms with E-state index < -0.39 is 5.97 Å². The molecule has 0 radical (unpaired) electrons. The average Bonchev–Trinajstić information content (AvgIpc) is 3.17. The molecule has 0 saturated carbocycles. The Kier molecular flexibility index (Phi) is 3.70. The normalized spacial score (nSPS) is 10.5. The fraction of sp³-hybridized carbons (Fsp3) is 0.0667. The fourth-order valence-electron chi connectivity index (χ4n) is 1.95. The first kappa shape index (κ1) is 13.4. The van der Waals surface area contributed by atoms with Crippen molar-refractivity contribution in [2.45, 2.75) is 6.54 Å².